The Morgan fingerprint density at radius 1 is 1.08 bits per heavy atom. The van der Waals surface area contributed by atoms with Crippen LogP contribution in [0, 0.1) is 10.5 Å². The molecule has 1 saturated heterocycles. The molecule has 1 aromatic carbocycles. The topological polar surface area (TPSA) is 65.8 Å². The number of benzene rings is 1. The number of furan rings is 1. The summed E-state index contributed by atoms with van der Waals surface area (Å²) in [6.07, 6.45) is 0. The van der Waals surface area contributed by atoms with Crippen LogP contribution in [0.5, 0.6) is 0 Å². The van der Waals surface area contributed by atoms with Crippen molar-refractivity contribution in [1.82, 2.24) is 9.80 Å². The van der Waals surface area contributed by atoms with Gasteiger partial charge in [0.15, 0.2) is 5.76 Å². The molecule has 2 heterocycles. The van der Waals surface area contributed by atoms with Gasteiger partial charge in [-0.1, -0.05) is 0 Å². The second kappa shape index (κ2) is 8.01. The summed E-state index contributed by atoms with van der Waals surface area (Å²) in [5.74, 6) is 0.982. The highest BCUT2D eigenvalue weighted by Crippen LogP contribution is 2.13. The molecular weight excluding hydrogens is 433 g/mol. The normalized spacial score (nSPS) is 15.2. The summed E-state index contributed by atoms with van der Waals surface area (Å²) in [5, 5.41) is 2.90. The Kier molecular flexibility index (Phi) is 5.74. The summed E-state index contributed by atoms with van der Waals surface area (Å²) in [6, 6.07) is 11.2. The highest BCUT2D eigenvalue weighted by molar-refractivity contribution is 14.1. The number of piperazine rings is 1. The fourth-order valence-electron chi connectivity index (χ4n) is 2.75. The Morgan fingerprint density at radius 3 is 2.36 bits per heavy atom. The van der Waals surface area contributed by atoms with Crippen molar-refractivity contribution in [1.29, 1.82) is 0 Å². The first-order valence-corrected chi connectivity index (χ1v) is 9.22. The van der Waals surface area contributed by atoms with E-state index in [9.17, 15) is 9.59 Å². The molecule has 0 aliphatic carbocycles. The number of halogens is 1. The van der Waals surface area contributed by atoms with E-state index in [4.69, 9.17) is 4.42 Å². The van der Waals surface area contributed by atoms with E-state index >= 15 is 0 Å². The molecule has 1 aliphatic heterocycles. The third-order valence-corrected chi connectivity index (χ3v) is 4.83. The molecule has 3 rings (SSSR count). The van der Waals surface area contributed by atoms with E-state index < -0.39 is 0 Å². The van der Waals surface area contributed by atoms with Crippen molar-refractivity contribution >= 4 is 40.1 Å². The predicted molar refractivity (Wildman–Crippen MR) is 104 cm³/mol. The van der Waals surface area contributed by atoms with E-state index in [0.29, 0.717) is 38.5 Å². The van der Waals surface area contributed by atoms with Crippen LogP contribution >= 0.6 is 22.6 Å². The molecule has 1 fully saturated rings. The highest BCUT2D eigenvalue weighted by atomic mass is 127. The molecule has 25 heavy (non-hydrogen) atoms. The minimum Gasteiger partial charge on any atom is -0.456 e. The van der Waals surface area contributed by atoms with Gasteiger partial charge in [0.25, 0.3) is 5.91 Å². The van der Waals surface area contributed by atoms with Crippen LogP contribution in [0.25, 0.3) is 0 Å². The molecule has 0 spiro atoms. The van der Waals surface area contributed by atoms with Crippen molar-refractivity contribution in [2.75, 3.05) is 38.0 Å². The fraction of sp³-hybridized carbons (Fsp3) is 0.333. The van der Waals surface area contributed by atoms with Gasteiger partial charge in [0, 0.05) is 35.4 Å². The van der Waals surface area contributed by atoms with Crippen molar-refractivity contribution in [2.45, 2.75) is 6.92 Å². The first-order chi connectivity index (χ1) is 12.0. The molecular formula is C18H20IN3O3. The van der Waals surface area contributed by atoms with Gasteiger partial charge in [0.05, 0.1) is 6.54 Å². The molecule has 1 aliphatic rings. The molecule has 0 radical (unpaired) electrons. The van der Waals surface area contributed by atoms with Crippen LogP contribution in [-0.4, -0.2) is 54.3 Å². The predicted octanol–water partition coefficient (Wildman–Crippen LogP) is 2.59. The number of carbonyl (C=O) groups excluding carboxylic acids is 2. The van der Waals surface area contributed by atoms with E-state index in [1.165, 1.54) is 0 Å². The molecule has 132 valence electrons. The summed E-state index contributed by atoms with van der Waals surface area (Å²) in [5.41, 5.74) is 0.799. The number of nitrogens with one attached hydrogen (secondary N) is 1. The zero-order valence-corrected chi connectivity index (χ0v) is 16.2. The molecule has 7 heteroatoms. The van der Waals surface area contributed by atoms with Gasteiger partial charge in [-0.25, -0.2) is 0 Å². The molecule has 2 aromatic rings. The lowest BCUT2D eigenvalue weighted by molar-refractivity contribution is -0.117. The minimum absolute atomic E-state index is 0.0392. The monoisotopic (exact) mass is 453 g/mol. The van der Waals surface area contributed by atoms with Gasteiger partial charge >= 0.3 is 0 Å². The second-order valence-electron chi connectivity index (χ2n) is 6.03. The largest absolute Gasteiger partial charge is 0.456 e. The maximum Gasteiger partial charge on any atom is 0.289 e. The zero-order chi connectivity index (χ0) is 17.8. The van der Waals surface area contributed by atoms with E-state index in [-0.39, 0.29) is 11.8 Å². The summed E-state index contributed by atoms with van der Waals surface area (Å²) >= 11 is 2.23. The Labute approximate surface area is 160 Å². The van der Waals surface area contributed by atoms with E-state index in [1.807, 2.05) is 31.2 Å². The summed E-state index contributed by atoms with van der Waals surface area (Å²) < 4.78 is 6.52. The molecule has 0 atom stereocenters. The lowest BCUT2D eigenvalue weighted by Gasteiger charge is -2.33. The van der Waals surface area contributed by atoms with Crippen molar-refractivity contribution in [2.24, 2.45) is 0 Å². The molecule has 1 aromatic heterocycles. The summed E-state index contributed by atoms with van der Waals surface area (Å²) in [4.78, 5) is 28.3. The van der Waals surface area contributed by atoms with Gasteiger partial charge in [-0.15, -0.1) is 0 Å². The number of anilines is 1. The van der Waals surface area contributed by atoms with Crippen molar-refractivity contribution in [3.63, 3.8) is 0 Å². The maximum absolute atomic E-state index is 12.3. The lowest BCUT2D eigenvalue weighted by atomic mass is 10.2. The Bertz CT molecular complexity index is 749. The molecule has 0 unspecified atom stereocenters. The van der Waals surface area contributed by atoms with Gasteiger partial charge in [0.2, 0.25) is 5.91 Å². The lowest BCUT2D eigenvalue weighted by Crippen LogP contribution is -2.50. The van der Waals surface area contributed by atoms with Gasteiger partial charge in [-0.2, -0.15) is 0 Å². The first kappa shape index (κ1) is 17.9. The number of nitrogens with zero attached hydrogens (tertiary/aromatic N) is 2. The quantitative estimate of drug-likeness (QED) is 0.724. The number of carbonyl (C=O) groups is 2. The Balaban J connectivity index is 1.46. The highest BCUT2D eigenvalue weighted by Gasteiger charge is 2.24. The molecule has 2 amide bonds. The maximum atomic E-state index is 12.3. The van der Waals surface area contributed by atoms with Crippen molar-refractivity contribution in [3.05, 3.63) is 51.5 Å². The summed E-state index contributed by atoms with van der Waals surface area (Å²) in [7, 11) is 0. The van der Waals surface area contributed by atoms with Gasteiger partial charge in [-0.3, -0.25) is 14.5 Å². The van der Waals surface area contributed by atoms with Crippen LogP contribution in [0.15, 0.2) is 40.8 Å². The van der Waals surface area contributed by atoms with Crippen LogP contribution < -0.4 is 5.32 Å². The average molecular weight is 453 g/mol. The Hall–Kier alpha value is -1.87. The SMILES string of the molecule is Cc1ccc(C(=O)N2CCN(CC(=O)Nc3ccc(I)cc3)CC2)o1. The smallest absolute Gasteiger partial charge is 0.289 e. The third-order valence-electron chi connectivity index (χ3n) is 4.11. The number of rotatable bonds is 4. The minimum atomic E-state index is -0.0870. The number of amides is 2. The van der Waals surface area contributed by atoms with E-state index in [1.54, 1.807) is 17.0 Å². The number of hydrogen-bond acceptors (Lipinski definition) is 4. The summed E-state index contributed by atoms with van der Waals surface area (Å²) in [6.45, 7) is 4.68. The Morgan fingerprint density at radius 2 is 1.76 bits per heavy atom. The van der Waals surface area contributed by atoms with Gasteiger partial charge in [-0.05, 0) is 65.9 Å². The van der Waals surface area contributed by atoms with Crippen molar-refractivity contribution in [3.8, 4) is 0 Å². The molecule has 1 N–H and O–H groups in total. The van der Waals surface area contributed by atoms with Gasteiger partial charge in [0.1, 0.15) is 5.76 Å². The zero-order valence-electron chi connectivity index (χ0n) is 14.0. The van der Waals surface area contributed by atoms with Crippen LogP contribution in [0.3, 0.4) is 0 Å². The number of aryl methyl sites for hydroxylation is 1. The number of hydrogen-bond donors (Lipinski definition) is 1. The van der Waals surface area contributed by atoms with Crippen LogP contribution in [0.1, 0.15) is 16.3 Å². The molecule has 6 nitrogen and oxygen atoms in total. The van der Waals surface area contributed by atoms with E-state index in [2.05, 4.69) is 32.8 Å². The van der Waals surface area contributed by atoms with Crippen LogP contribution in [0.2, 0.25) is 0 Å². The first-order valence-electron chi connectivity index (χ1n) is 8.15. The average Bonchev–Trinajstić information content (AvgIpc) is 3.03. The van der Waals surface area contributed by atoms with Crippen molar-refractivity contribution < 1.29 is 14.0 Å². The molecule has 0 saturated carbocycles. The fourth-order valence-corrected chi connectivity index (χ4v) is 3.11. The third kappa shape index (κ3) is 4.82. The van der Waals surface area contributed by atoms with Crippen LogP contribution in [-0.2, 0) is 4.79 Å². The molecule has 0 bridgehead atoms. The van der Waals surface area contributed by atoms with Crippen LogP contribution in [0.4, 0.5) is 5.69 Å². The second-order valence-corrected chi connectivity index (χ2v) is 7.28. The van der Waals surface area contributed by atoms with Gasteiger partial charge < -0.3 is 14.6 Å². The standard InChI is InChI=1S/C18H20IN3O3/c1-13-2-7-16(25-13)18(24)22-10-8-21(9-11-22)12-17(23)20-15-5-3-14(19)4-6-15/h2-7H,8-12H2,1H3,(H,20,23). The van der Waals surface area contributed by atoms with E-state index in [0.717, 1.165) is 15.0 Å².